The molecule has 0 spiro atoms. The zero-order valence-electron chi connectivity index (χ0n) is 16.5. The second-order valence-electron chi connectivity index (χ2n) is 6.92. The number of rotatable bonds is 7. The number of nitro benzene ring substituents is 1. The molecule has 1 aliphatic heterocycles. The average molecular weight is 447 g/mol. The minimum absolute atomic E-state index is 0.0920. The molecule has 1 heterocycles. The number of sulfonamides is 1. The molecule has 1 amide bonds. The van der Waals surface area contributed by atoms with Crippen LogP contribution in [0.25, 0.3) is 0 Å². The molecule has 0 atom stereocenters. The van der Waals surface area contributed by atoms with Gasteiger partial charge in [-0.15, -0.1) is 0 Å². The van der Waals surface area contributed by atoms with Crippen LogP contribution in [0.2, 0.25) is 0 Å². The number of esters is 1. The van der Waals surface area contributed by atoms with Gasteiger partial charge in [0.2, 0.25) is 10.0 Å². The molecule has 10 nitrogen and oxygen atoms in total. The molecule has 1 saturated heterocycles. The highest BCUT2D eigenvalue weighted by molar-refractivity contribution is 7.89. The second kappa shape index (κ2) is 9.67. The van der Waals surface area contributed by atoms with Crippen molar-refractivity contribution in [2.24, 2.45) is 0 Å². The fourth-order valence-corrected chi connectivity index (χ4v) is 4.64. The first-order valence-corrected chi connectivity index (χ1v) is 11.0. The zero-order valence-corrected chi connectivity index (χ0v) is 17.3. The van der Waals surface area contributed by atoms with Gasteiger partial charge in [0.15, 0.2) is 6.61 Å². The van der Waals surface area contributed by atoms with Crippen molar-refractivity contribution >= 4 is 33.3 Å². The summed E-state index contributed by atoms with van der Waals surface area (Å²) in [7, 11) is -3.61. The third kappa shape index (κ3) is 5.64. The summed E-state index contributed by atoms with van der Waals surface area (Å²) in [5.74, 6) is -1.46. The summed E-state index contributed by atoms with van der Waals surface area (Å²) in [5, 5.41) is 13.2. The van der Waals surface area contributed by atoms with Gasteiger partial charge in [-0.05, 0) is 43.2 Å². The van der Waals surface area contributed by atoms with Gasteiger partial charge in [-0.3, -0.25) is 14.9 Å². The predicted octanol–water partition coefficient (Wildman–Crippen LogP) is 2.56. The van der Waals surface area contributed by atoms with E-state index in [2.05, 4.69) is 5.32 Å². The number of amides is 1. The number of nitro groups is 1. The summed E-state index contributed by atoms with van der Waals surface area (Å²) in [6, 6.07) is 10.7. The molecule has 3 rings (SSSR count). The highest BCUT2D eigenvalue weighted by Crippen LogP contribution is 2.21. The highest BCUT2D eigenvalue weighted by Gasteiger charge is 2.26. The zero-order chi connectivity index (χ0) is 22.4. The number of benzene rings is 2. The molecule has 11 heteroatoms. The summed E-state index contributed by atoms with van der Waals surface area (Å²) >= 11 is 0. The molecule has 1 fully saturated rings. The Bertz CT molecular complexity index is 1080. The maximum absolute atomic E-state index is 12.6. The highest BCUT2D eigenvalue weighted by atomic mass is 32.2. The molecular formula is C20H21N3O7S. The summed E-state index contributed by atoms with van der Waals surface area (Å²) < 4.78 is 31.6. The standard InChI is InChI=1S/C20H21N3O7S/c24-19(21-16-5-4-6-17(13-16)23(26)27)14-30-20(25)15-7-9-18(10-8-15)31(28,29)22-11-2-1-3-12-22/h4-10,13H,1-3,11-12,14H2,(H,21,24). The molecule has 31 heavy (non-hydrogen) atoms. The Morgan fingerprint density at radius 3 is 2.39 bits per heavy atom. The molecule has 164 valence electrons. The van der Waals surface area contributed by atoms with Gasteiger partial charge in [-0.2, -0.15) is 4.31 Å². The molecular weight excluding hydrogens is 426 g/mol. The lowest BCUT2D eigenvalue weighted by Gasteiger charge is -2.25. The predicted molar refractivity (Wildman–Crippen MR) is 111 cm³/mol. The number of hydrogen-bond acceptors (Lipinski definition) is 7. The van der Waals surface area contributed by atoms with Crippen molar-refractivity contribution < 1.29 is 27.7 Å². The van der Waals surface area contributed by atoms with Gasteiger partial charge in [0.1, 0.15) is 0 Å². The third-order valence-corrected chi connectivity index (χ3v) is 6.63. The van der Waals surface area contributed by atoms with Crippen LogP contribution in [0.5, 0.6) is 0 Å². The molecule has 0 unspecified atom stereocenters. The van der Waals surface area contributed by atoms with Crippen LogP contribution in [0.3, 0.4) is 0 Å². The van der Waals surface area contributed by atoms with E-state index < -0.39 is 33.4 Å². The van der Waals surface area contributed by atoms with E-state index in [1.54, 1.807) is 0 Å². The Morgan fingerprint density at radius 2 is 1.74 bits per heavy atom. The Kier molecular flexibility index (Phi) is 6.98. The summed E-state index contributed by atoms with van der Waals surface area (Å²) in [5.41, 5.74) is 0.109. The van der Waals surface area contributed by atoms with Gasteiger partial charge in [0.25, 0.3) is 11.6 Å². The minimum atomic E-state index is -3.61. The number of carbonyl (C=O) groups is 2. The lowest BCUT2D eigenvalue weighted by Crippen LogP contribution is -2.35. The first-order chi connectivity index (χ1) is 14.8. The fourth-order valence-electron chi connectivity index (χ4n) is 3.13. The first-order valence-electron chi connectivity index (χ1n) is 9.59. The van der Waals surface area contributed by atoms with E-state index in [9.17, 15) is 28.1 Å². The average Bonchev–Trinajstić information content (AvgIpc) is 2.78. The normalized spacial score (nSPS) is 14.6. The van der Waals surface area contributed by atoms with Crippen molar-refractivity contribution in [1.82, 2.24) is 4.31 Å². The Labute approximate surface area is 179 Å². The molecule has 1 N–H and O–H groups in total. The summed E-state index contributed by atoms with van der Waals surface area (Å²) in [4.78, 5) is 34.4. The van der Waals surface area contributed by atoms with Gasteiger partial charge in [0, 0.05) is 30.9 Å². The molecule has 2 aromatic rings. The number of ether oxygens (including phenoxy) is 1. The van der Waals surface area contributed by atoms with Gasteiger partial charge < -0.3 is 10.1 Å². The van der Waals surface area contributed by atoms with Crippen LogP contribution in [0.1, 0.15) is 29.6 Å². The third-order valence-electron chi connectivity index (χ3n) is 4.72. The van der Waals surface area contributed by atoms with E-state index in [-0.39, 0.29) is 21.8 Å². The van der Waals surface area contributed by atoms with Crippen LogP contribution in [-0.4, -0.2) is 49.2 Å². The summed E-state index contributed by atoms with van der Waals surface area (Å²) in [6.07, 6.45) is 2.65. The number of nitrogens with one attached hydrogen (secondary N) is 1. The van der Waals surface area contributed by atoms with Gasteiger partial charge in [-0.1, -0.05) is 12.5 Å². The maximum atomic E-state index is 12.6. The van der Waals surface area contributed by atoms with E-state index in [1.165, 1.54) is 52.8 Å². The topological polar surface area (TPSA) is 136 Å². The minimum Gasteiger partial charge on any atom is -0.452 e. The Hall–Kier alpha value is -3.31. The molecule has 2 aromatic carbocycles. The monoisotopic (exact) mass is 447 g/mol. The number of non-ortho nitro benzene ring substituents is 1. The lowest BCUT2D eigenvalue weighted by atomic mass is 10.2. The van der Waals surface area contributed by atoms with Gasteiger partial charge in [-0.25, -0.2) is 13.2 Å². The van der Waals surface area contributed by atoms with E-state index in [4.69, 9.17) is 4.74 Å². The first kappa shape index (κ1) is 22.4. The number of piperidine rings is 1. The number of nitrogens with zero attached hydrogens (tertiary/aromatic N) is 2. The van der Waals surface area contributed by atoms with Crippen LogP contribution in [0.15, 0.2) is 53.4 Å². The maximum Gasteiger partial charge on any atom is 0.338 e. The molecule has 0 bridgehead atoms. The fraction of sp³-hybridized carbons (Fsp3) is 0.300. The smallest absolute Gasteiger partial charge is 0.338 e. The van der Waals surface area contributed by atoms with Gasteiger partial charge in [0.05, 0.1) is 15.4 Å². The number of anilines is 1. The van der Waals surface area contributed by atoms with Crippen molar-refractivity contribution in [3.8, 4) is 0 Å². The van der Waals surface area contributed by atoms with E-state index >= 15 is 0 Å². The molecule has 0 saturated carbocycles. The van der Waals surface area contributed by atoms with Crippen molar-refractivity contribution in [3.63, 3.8) is 0 Å². The molecule has 0 aliphatic carbocycles. The van der Waals surface area contributed by atoms with Crippen molar-refractivity contribution in [3.05, 3.63) is 64.2 Å². The van der Waals surface area contributed by atoms with Crippen LogP contribution in [-0.2, 0) is 19.6 Å². The van der Waals surface area contributed by atoms with Crippen LogP contribution >= 0.6 is 0 Å². The summed E-state index contributed by atoms with van der Waals surface area (Å²) in [6.45, 7) is 0.354. The molecule has 1 aliphatic rings. The lowest BCUT2D eigenvalue weighted by molar-refractivity contribution is -0.384. The molecule has 0 radical (unpaired) electrons. The van der Waals surface area contributed by atoms with Gasteiger partial charge >= 0.3 is 5.97 Å². The van der Waals surface area contributed by atoms with Crippen molar-refractivity contribution in [2.75, 3.05) is 25.0 Å². The number of carbonyl (C=O) groups excluding carboxylic acids is 2. The van der Waals surface area contributed by atoms with Crippen LogP contribution < -0.4 is 5.32 Å². The van der Waals surface area contributed by atoms with Crippen molar-refractivity contribution in [2.45, 2.75) is 24.2 Å². The Balaban J connectivity index is 1.56. The quantitative estimate of drug-likeness (QED) is 0.391. The SMILES string of the molecule is O=C(COC(=O)c1ccc(S(=O)(=O)N2CCCCC2)cc1)Nc1cccc([N+](=O)[O-])c1. The second-order valence-corrected chi connectivity index (χ2v) is 8.86. The Morgan fingerprint density at radius 1 is 1.06 bits per heavy atom. The van der Waals surface area contributed by atoms with E-state index in [0.29, 0.717) is 13.1 Å². The largest absolute Gasteiger partial charge is 0.452 e. The van der Waals surface area contributed by atoms with E-state index in [1.807, 2.05) is 0 Å². The van der Waals surface area contributed by atoms with Crippen LogP contribution in [0.4, 0.5) is 11.4 Å². The molecule has 0 aromatic heterocycles. The van der Waals surface area contributed by atoms with Crippen LogP contribution in [0, 0.1) is 10.1 Å². The van der Waals surface area contributed by atoms with E-state index in [0.717, 1.165) is 19.3 Å². The van der Waals surface area contributed by atoms with Crippen molar-refractivity contribution in [1.29, 1.82) is 0 Å². The number of hydrogen-bond donors (Lipinski definition) is 1.